The minimum atomic E-state index is -3.34. The maximum absolute atomic E-state index is 12.0. The quantitative estimate of drug-likeness (QED) is 0.715. The largest absolute Gasteiger partial charge is 0.229 e. The van der Waals surface area contributed by atoms with Gasteiger partial charge in [-0.3, -0.25) is 0 Å². The maximum Gasteiger partial charge on any atom is 0.156 e. The Balaban J connectivity index is 4.95. The SMILES string of the molecule is CCC(C)S(=O)(=O)CC(C)S(=O)(=O)C(C)CC. The lowest BCUT2D eigenvalue weighted by atomic mass is 10.4. The molecule has 0 aromatic carbocycles. The zero-order chi connectivity index (χ0) is 13.9. The lowest BCUT2D eigenvalue weighted by Crippen LogP contribution is -2.35. The molecule has 3 unspecified atom stereocenters. The normalized spacial score (nSPS) is 18.6. The van der Waals surface area contributed by atoms with E-state index in [1.165, 1.54) is 6.92 Å². The highest BCUT2D eigenvalue weighted by Gasteiger charge is 2.32. The molecule has 0 bridgehead atoms. The number of sulfone groups is 2. The van der Waals surface area contributed by atoms with Gasteiger partial charge in [0.15, 0.2) is 19.7 Å². The summed E-state index contributed by atoms with van der Waals surface area (Å²) in [7, 11) is -6.66. The molecular formula is C11H24O4S2. The van der Waals surface area contributed by atoms with Crippen molar-refractivity contribution in [3.63, 3.8) is 0 Å². The van der Waals surface area contributed by atoms with Gasteiger partial charge in [0, 0.05) is 0 Å². The Morgan fingerprint density at radius 3 is 1.53 bits per heavy atom. The molecule has 0 amide bonds. The highest BCUT2D eigenvalue weighted by Crippen LogP contribution is 2.17. The fraction of sp³-hybridized carbons (Fsp3) is 1.00. The molecule has 0 N–H and O–H groups in total. The van der Waals surface area contributed by atoms with Gasteiger partial charge in [0.25, 0.3) is 0 Å². The topological polar surface area (TPSA) is 68.3 Å². The molecule has 0 saturated carbocycles. The van der Waals surface area contributed by atoms with Crippen LogP contribution in [0.25, 0.3) is 0 Å². The third-order valence-electron chi connectivity index (χ3n) is 3.35. The van der Waals surface area contributed by atoms with Crippen LogP contribution in [0.5, 0.6) is 0 Å². The first-order valence-corrected chi connectivity index (χ1v) is 9.36. The third-order valence-corrected chi connectivity index (χ3v) is 8.83. The number of rotatable bonds is 7. The molecule has 0 aliphatic carbocycles. The Kier molecular flexibility index (Phi) is 6.14. The Labute approximate surface area is 106 Å². The summed E-state index contributed by atoms with van der Waals surface area (Å²) in [6.07, 6.45) is 1.02. The number of hydrogen-bond acceptors (Lipinski definition) is 4. The van der Waals surface area contributed by atoms with E-state index in [9.17, 15) is 16.8 Å². The van der Waals surface area contributed by atoms with Crippen LogP contribution < -0.4 is 0 Å². The molecule has 6 heteroatoms. The van der Waals surface area contributed by atoms with Gasteiger partial charge in [-0.2, -0.15) is 0 Å². The van der Waals surface area contributed by atoms with E-state index < -0.39 is 35.4 Å². The Hall–Kier alpha value is -0.100. The minimum absolute atomic E-state index is 0.269. The summed E-state index contributed by atoms with van der Waals surface area (Å²) in [6.45, 7) is 8.31. The molecule has 0 heterocycles. The first-order valence-electron chi connectivity index (χ1n) is 6.03. The Bertz CT molecular complexity index is 422. The summed E-state index contributed by atoms with van der Waals surface area (Å²) in [5, 5.41) is -1.78. The molecule has 0 aliphatic heterocycles. The smallest absolute Gasteiger partial charge is 0.156 e. The molecular weight excluding hydrogens is 260 g/mol. The van der Waals surface area contributed by atoms with Crippen molar-refractivity contribution in [2.75, 3.05) is 5.75 Å². The van der Waals surface area contributed by atoms with Crippen molar-refractivity contribution in [3.05, 3.63) is 0 Å². The van der Waals surface area contributed by atoms with Crippen LogP contribution in [0.2, 0.25) is 0 Å². The molecule has 0 radical (unpaired) electrons. The van der Waals surface area contributed by atoms with E-state index in [1.54, 1.807) is 27.7 Å². The van der Waals surface area contributed by atoms with E-state index in [0.29, 0.717) is 12.8 Å². The molecule has 3 atom stereocenters. The van der Waals surface area contributed by atoms with Gasteiger partial charge in [-0.1, -0.05) is 13.8 Å². The van der Waals surface area contributed by atoms with Crippen molar-refractivity contribution in [3.8, 4) is 0 Å². The molecule has 104 valence electrons. The van der Waals surface area contributed by atoms with Gasteiger partial charge in [0.05, 0.1) is 21.5 Å². The summed E-state index contributed by atoms with van der Waals surface area (Å²) in [5.74, 6) is -0.269. The average molecular weight is 284 g/mol. The summed E-state index contributed by atoms with van der Waals surface area (Å²) in [4.78, 5) is 0. The van der Waals surface area contributed by atoms with Crippen molar-refractivity contribution in [1.29, 1.82) is 0 Å². The second kappa shape index (κ2) is 6.18. The molecule has 4 nitrogen and oxygen atoms in total. The van der Waals surface area contributed by atoms with Gasteiger partial charge < -0.3 is 0 Å². The van der Waals surface area contributed by atoms with E-state index >= 15 is 0 Å². The summed E-state index contributed by atoms with van der Waals surface area (Å²) in [5.41, 5.74) is 0. The fourth-order valence-corrected chi connectivity index (χ4v) is 5.55. The van der Waals surface area contributed by atoms with Crippen molar-refractivity contribution in [2.24, 2.45) is 0 Å². The van der Waals surface area contributed by atoms with E-state index in [2.05, 4.69) is 0 Å². The Morgan fingerprint density at radius 1 is 0.765 bits per heavy atom. The molecule has 17 heavy (non-hydrogen) atoms. The maximum atomic E-state index is 12.0. The fourth-order valence-electron chi connectivity index (χ4n) is 1.47. The second-order valence-electron chi connectivity index (χ2n) is 4.67. The third kappa shape index (κ3) is 4.25. The number of hydrogen-bond donors (Lipinski definition) is 0. The van der Waals surface area contributed by atoms with Gasteiger partial charge in [-0.25, -0.2) is 16.8 Å². The molecule has 0 aromatic heterocycles. The van der Waals surface area contributed by atoms with Gasteiger partial charge in [-0.05, 0) is 33.6 Å². The van der Waals surface area contributed by atoms with Crippen LogP contribution in [0, 0.1) is 0 Å². The minimum Gasteiger partial charge on any atom is -0.229 e. The van der Waals surface area contributed by atoms with Gasteiger partial charge in [0.1, 0.15) is 0 Å². The predicted molar refractivity (Wildman–Crippen MR) is 71.7 cm³/mol. The Morgan fingerprint density at radius 2 is 1.18 bits per heavy atom. The van der Waals surface area contributed by atoms with Crippen LogP contribution in [0.15, 0.2) is 0 Å². The summed E-state index contributed by atoms with van der Waals surface area (Å²) in [6, 6.07) is 0. The van der Waals surface area contributed by atoms with Gasteiger partial charge in [0.2, 0.25) is 0 Å². The van der Waals surface area contributed by atoms with Crippen LogP contribution in [0.4, 0.5) is 0 Å². The van der Waals surface area contributed by atoms with Crippen LogP contribution in [-0.4, -0.2) is 38.3 Å². The molecule has 0 rings (SSSR count). The first kappa shape index (κ1) is 16.9. The van der Waals surface area contributed by atoms with Crippen molar-refractivity contribution in [2.45, 2.75) is 63.2 Å². The zero-order valence-electron chi connectivity index (χ0n) is 11.3. The van der Waals surface area contributed by atoms with Crippen LogP contribution in [0.1, 0.15) is 47.5 Å². The second-order valence-corrected chi connectivity index (χ2v) is 9.92. The lowest BCUT2D eigenvalue weighted by Gasteiger charge is -2.19. The van der Waals surface area contributed by atoms with Gasteiger partial charge >= 0.3 is 0 Å². The standard InChI is InChI=1S/C11H24O4S2/c1-6-9(3)16(12,13)8-11(5)17(14,15)10(4)7-2/h9-11H,6-8H2,1-5H3. The van der Waals surface area contributed by atoms with Gasteiger partial charge in [-0.15, -0.1) is 0 Å². The van der Waals surface area contributed by atoms with Crippen molar-refractivity contribution in [1.82, 2.24) is 0 Å². The highest BCUT2D eigenvalue weighted by molar-refractivity contribution is 7.96. The molecule has 0 saturated heterocycles. The van der Waals surface area contributed by atoms with Crippen LogP contribution in [-0.2, 0) is 19.7 Å². The monoisotopic (exact) mass is 284 g/mol. The van der Waals surface area contributed by atoms with Crippen LogP contribution >= 0.6 is 0 Å². The zero-order valence-corrected chi connectivity index (χ0v) is 12.9. The average Bonchev–Trinajstić information content (AvgIpc) is 2.25. The lowest BCUT2D eigenvalue weighted by molar-refractivity contribution is 0.561. The van der Waals surface area contributed by atoms with Crippen molar-refractivity contribution >= 4 is 19.7 Å². The molecule has 0 aliphatic rings. The summed E-state index contributed by atoms with van der Waals surface area (Å²) < 4.78 is 47.7. The molecule has 0 fully saturated rings. The first-order chi connectivity index (χ1) is 7.59. The van der Waals surface area contributed by atoms with E-state index in [-0.39, 0.29) is 5.75 Å². The van der Waals surface area contributed by atoms with E-state index in [0.717, 1.165) is 0 Å². The predicted octanol–water partition coefficient (Wildman–Crippen LogP) is 1.80. The molecule has 0 spiro atoms. The van der Waals surface area contributed by atoms with Crippen LogP contribution in [0.3, 0.4) is 0 Å². The van der Waals surface area contributed by atoms with E-state index in [1.807, 2.05) is 0 Å². The van der Waals surface area contributed by atoms with Crippen molar-refractivity contribution < 1.29 is 16.8 Å². The summed E-state index contributed by atoms with van der Waals surface area (Å²) >= 11 is 0. The highest BCUT2D eigenvalue weighted by atomic mass is 32.2. The van der Waals surface area contributed by atoms with E-state index in [4.69, 9.17) is 0 Å². The molecule has 0 aromatic rings.